The van der Waals surface area contributed by atoms with Gasteiger partial charge in [-0.1, -0.05) is 73.5 Å². The molecule has 2 aliphatic rings. The van der Waals surface area contributed by atoms with Gasteiger partial charge in [0.05, 0.1) is 0 Å². The molecule has 0 atom stereocenters. The second-order valence-electron chi connectivity index (χ2n) is 7.58. The van der Waals surface area contributed by atoms with Crippen LogP contribution in [-0.2, 0) is 0 Å². The molecule has 2 aromatic rings. The normalized spacial score (nSPS) is 16.5. The van der Waals surface area contributed by atoms with Crippen molar-refractivity contribution in [1.82, 2.24) is 0 Å². The third-order valence-electron chi connectivity index (χ3n) is 6.10. The summed E-state index contributed by atoms with van der Waals surface area (Å²) >= 11 is 0. The van der Waals surface area contributed by atoms with E-state index in [-0.39, 0.29) is 0 Å². The summed E-state index contributed by atoms with van der Waals surface area (Å²) in [5.41, 5.74) is 11.7. The van der Waals surface area contributed by atoms with Crippen LogP contribution in [0.4, 0.5) is 0 Å². The van der Waals surface area contributed by atoms with Crippen molar-refractivity contribution in [3.63, 3.8) is 0 Å². The van der Waals surface area contributed by atoms with E-state index in [9.17, 15) is 0 Å². The van der Waals surface area contributed by atoms with Crippen LogP contribution in [0, 0.1) is 25.7 Å². The topological polar surface area (TPSA) is 0 Å². The van der Waals surface area contributed by atoms with Crippen LogP contribution < -0.4 is 0 Å². The second kappa shape index (κ2) is 6.91. The van der Waals surface area contributed by atoms with E-state index in [1.165, 1.54) is 44.5 Å². The highest BCUT2D eigenvalue weighted by Crippen LogP contribution is 2.46. The van der Waals surface area contributed by atoms with E-state index in [0.717, 1.165) is 25.7 Å². The predicted molar refractivity (Wildman–Crippen MR) is 113 cm³/mol. The molecular weight excluding hydrogens is 312 g/mol. The molecule has 4 rings (SSSR count). The lowest BCUT2D eigenvalue weighted by Gasteiger charge is -2.20. The van der Waals surface area contributed by atoms with Gasteiger partial charge in [0.25, 0.3) is 0 Å². The second-order valence-corrected chi connectivity index (χ2v) is 7.58. The molecule has 0 unspecified atom stereocenters. The van der Waals surface area contributed by atoms with Crippen molar-refractivity contribution in [2.24, 2.45) is 0 Å². The van der Waals surface area contributed by atoms with E-state index in [2.05, 4.69) is 76.2 Å². The molecule has 2 radical (unpaired) electrons. The maximum absolute atomic E-state index is 2.42. The van der Waals surface area contributed by atoms with Gasteiger partial charge in [0.1, 0.15) is 0 Å². The monoisotopic (exact) mass is 340 g/mol. The Labute approximate surface area is 158 Å². The number of fused-ring (bicyclic) bond motifs is 2. The zero-order chi connectivity index (χ0) is 18.3. The van der Waals surface area contributed by atoms with E-state index in [1.807, 2.05) is 0 Å². The average Bonchev–Trinajstić information content (AvgIpc) is 3.19. The van der Waals surface area contributed by atoms with Gasteiger partial charge in [-0.2, -0.15) is 0 Å². The third kappa shape index (κ3) is 2.76. The largest absolute Gasteiger partial charge is 0.0617 e. The Balaban J connectivity index is 1.61. The van der Waals surface area contributed by atoms with Gasteiger partial charge in [0.15, 0.2) is 0 Å². The van der Waals surface area contributed by atoms with Gasteiger partial charge in [-0.05, 0) is 72.9 Å². The lowest BCUT2D eigenvalue weighted by Crippen LogP contribution is -2.06. The van der Waals surface area contributed by atoms with Crippen molar-refractivity contribution in [2.75, 3.05) is 0 Å². The van der Waals surface area contributed by atoms with Gasteiger partial charge >= 0.3 is 0 Å². The summed E-state index contributed by atoms with van der Waals surface area (Å²) in [5.74, 6) is 3.13. The van der Waals surface area contributed by atoms with Crippen LogP contribution in [-0.4, -0.2) is 0 Å². The number of hydrogen-bond donors (Lipinski definition) is 0. The zero-order valence-corrected chi connectivity index (χ0v) is 16.4. The summed E-state index contributed by atoms with van der Waals surface area (Å²) in [7, 11) is 0. The van der Waals surface area contributed by atoms with Gasteiger partial charge in [-0.3, -0.25) is 0 Å². The molecule has 0 aliphatic heterocycles. The van der Waals surface area contributed by atoms with Crippen molar-refractivity contribution in [3.8, 4) is 0 Å². The van der Waals surface area contributed by atoms with Crippen LogP contribution in [0.5, 0.6) is 0 Å². The molecule has 0 amide bonds. The molecule has 0 saturated heterocycles. The van der Waals surface area contributed by atoms with Gasteiger partial charge in [0, 0.05) is 11.8 Å². The van der Waals surface area contributed by atoms with Crippen LogP contribution in [0.25, 0.3) is 12.2 Å². The van der Waals surface area contributed by atoms with Crippen LogP contribution in [0.3, 0.4) is 0 Å². The molecule has 2 aromatic carbocycles. The SMILES string of the molecule is CCC1=Cc2c(C)cccc2[C]1CC[C]1C(CC)=Cc2c(C)cccc21. The minimum atomic E-state index is 1.12. The molecule has 0 nitrogen and oxygen atoms in total. The number of rotatable bonds is 5. The van der Waals surface area contributed by atoms with Crippen LogP contribution in [0.15, 0.2) is 47.5 Å². The number of hydrogen-bond acceptors (Lipinski definition) is 0. The standard InChI is InChI=1S/C26H28/c1-5-19-15-25-17(3)9-7-11-23(25)21(19)13-14-22-20(6-2)16-26-18(4)10-8-12-24(22)26/h7-12,15-16H,5-6,13-14H2,1-4H3. The lowest BCUT2D eigenvalue weighted by molar-refractivity contribution is 0.796. The van der Waals surface area contributed by atoms with Crippen molar-refractivity contribution in [2.45, 2.75) is 53.4 Å². The highest BCUT2D eigenvalue weighted by Gasteiger charge is 2.30. The maximum Gasteiger partial charge on any atom is 0.0305 e. The lowest BCUT2D eigenvalue weighted by atomic mass is 9.83. The first-order valence-electron chi connectivity index (χ1n) is 9.97. The molecule has 0 fully saturated rings. The first-order chi connectivity index (χ1) is 12.6. The molecular formula is C26H28. The fraction of sp³-hybridized carbons (Fsp3) is 0.308. The minimum Gasteiger partial charge on any atom is -0.0617 e. The molecule has 0 N–H and O–H groups in total. The number of aryl methyl sites for hydroxylation is 2. The highest BCUT2D eigenvalue weighted by molar-refractivity contribution is 5.77. The molecule has 0 aromatic heterocycles. The van der Waals surface area contributed by atoms with E-state index >= 15 is 0 Å². The van der Waals surface area contributed by atoms with Crippen LogP contribution >= 0.6 is 0 Å². The minimum absolute atomic E-state index is 1.12. The Bertz CT molecular complexity index is 819. The van der Waals surface area contributed by atoms with E-state index in [4.69, 9.17) is 0 Å². The molecule has 0 saturated carbocycles. The van der Waals surface area contributed by atoms with Crippen molar-refractivity contribution in [1.29, 1.82) is 0 Å². The Hall–Kier alpha value is -2.08. The summed E-state index contributed by atoms with van der Waals surface area (Å²) < 4.78 is 0. The maximum atomic E-state index is 2.42. The zero-order valence-electron chi connectivity index (χ0n) is 16.4. The first kappa shape index (κ1) is 17.3. The summed E-state index contributed by atoms with van der Waals surface area (Å²) in [6, 6.07) is 13.5. The summed E-state index contributed by atoms with van der Waals surface area (Å²) in [4.78, 5) is 0. The Morgan fingerprint density at radius 1 is 0.615 bits per heavy atom. The fourth-order valence-electron chi connectivity index (χ4n) is 4.61. The van der Waals surface area contributed by atoms with Crippen LogP contribution in [0.1, 0.15) is 72.9 Å². The van der Waals surface area contributed by atoms with Crippen molar-refractivity contribution in [3.05, 3.63) is 92.8 Å². The molecule has 0 bridgehead atoms. The van der Waals surface area contributed by atoms with E-state index in [1.54, 1.807) is 11.8 Å². The fourth-order valence-corrected chi connectivity index (χ4v) is 4.61. The summed E-state index contributed by atoms with van der Waals surface area (Å²) in [6.07, 6.45) is 9.35. The van der Waals surface area contributed by atoms with Crippen molar-refractivity contribution < 1.29 is 0 Å². The number of benzene rings is 2. The summed E-state index contributed by atoms with van der Waals surface area (Å²) in [6.45, 7) is 9.03. The Morgan fingerprint density at radius 2 is 1.04 bits per heavy atom. The first-order valence-corrected chi connectivity index (χ1v) is 9.97. The Morgan fingerprint density at radius 3 is 1.42 bits per heavy atom. The molecule has 2 aliphatic carbocycles. The summed E-state index contributed by atoms with van der Waals surface area (Å²) in [5, 5.41) is 0. The predicted octanol–water partition coefficient (Wildman–Crippen LogP) is 7.24. The van der Waals surface area contributed by atoms with Gasteiger partial charge in [-0.25, -0.2) is 0 Å². The van der Waals surface area contributed by atoms with Crippen molar-refractivity contribution >= 4 is 12.2 Å². The van der Waals surface area contributed by atoms with Gasteiger partial charge < -0.3 is 0 Å². The average molecular weight is 341 g/mol. The molecule has 26 heavy (non-hydrogen) atoms. The quantitative estimate of drug-likeness (QED) is 0.538. The van der Waals surface area contributed by atoms with Crippen LogP contribution in [0.2, 0.25) is 0 Å². The third-order valence-corrected chi connectivity index (χ3v) is 6.10. The highest BCUT2D eigenvalue weighted by atomic mass is 14.3. The van der Waals surface area contributed by atoms with Gasteiger partial charge in [-0.15, -0.1) is 0 Å². The Kier molecular flexibility index (Phi) is 4.61. The van der Waals surface area contributed by atoms with E-state index < -0.39 is 0 Å². The van der Waals surface area contributed by atoms with E-state index in [0.29, 0.717) is 0 Å². The molecule has 0 heteroatoms. The number of allylic oxidation sites excluding steroid dienone is 2. The smallest absolute Gasteiger partial charge is 0.0305 e. The molecule has 0 heterocycles. The van der Waals surface area contributed by atoms with Gasteiger partial charge in [0.2, 0.25) is 0 Å². The molecule has 0 spiro atoms. The molecule has 132 valence electrons.